The first-order chi connectivity index (χ1) is 9.75. The number of halogens is 1. The summed E-state index contributed by atoms with van der Waals surface area (Å²) in [6, 6.07) is 4.58. The van der Waals surface area contributed by atoms with Gasteiger partial charge in [-0.2, -0.15) is 0 Å². The van der Waals surface area contributed by atoms with Gasteiger partial charge in [0.1, 0.15) is 11.9 Å². The largest absolute Gasteiger partial charge is 0.384 e. The van der Waals surface area contributed by atoms with Crippen LogP contribution in [0.5, 0.6) is 0 Å². The summed E-state index contributed by atoms with van der Waals surface area (Å²) in [5.74, 6) is -0.314. The van der Waals surface area contributed by atoms with Crippen molar-refractivity contribution in [2.75, 3.05) is 0 Å². The summed E-state index contributed by atoms with van der Waals surface area (Å²) >= 11 is 0. The topological polar surface area (TPSA) is 20.2 Å². The van der Waals surface area contributed by atoms with E-state index in [9.17, 15) is 9.50 Å². The van der Waals surface area contributed by atoms with Gasteiger partial charge >= 0.3 is 0 Å². The van der Waals surface area contributed by atoms with Crippen LogP contribution < -0.4 is 0 Å². The van der Waals surface area contributed by atoms with E-state index in [-0.39, 0.29) is 5.82 Å². The number of rotatable bonds is 2. The van der Waals surface area contributed by atoms with E-state index in [4.69, 9.17) is 0 Å². The predicted octanol–water partition coefficient (Wildman–Crippen LogP) is 4.76. The molecule has 2 heteroatoms. The smallest absolute Gasteiger partial charge is 0.123 e. The van der Waals surface area contributed by atoms with Gasteiger partial charge in [-0.05, 0) is 98.2 Å². The van der Waals surface area contributed by atoms with Gasteiger partial charge in [0, 0.05) is 0 Å². The third kappa shape index (κ3) is 2.60. The van der Waals surface area contributed by atoms with E-state index in [1.807, 2.05) is 20.8 Å². The van der Waals surface area contributed by atoms with E-state index in [1.165, 1.54) is 28.8 Å². The maximum absolute atomic E-state index is 13.5. The van der Waals surface area contributed by atoms with Crippen molar-refractivity contribution in [1.29, 1.82) is 0 Å². The number of hydrogen-bond acceptors (Lipinski definition) is 1. The number of hydrogen-bond donors (Lipinski definition) is 1. The highest BCUT2D eigenvalue weighted by Crippen LogP contribution is 2.34. The molecule has 0 radical (unpaired) electrons. The Morgan fingerprint density at radius 2 is 1.29 bits per heavy atom. The summed E-state index contributed by atoms with van der Waals surface area (Å²) in [6.07, 6.45) is -0.793. The standard InChI is InChI=1S/C19H23FO/c1-10-7-8-16(20)9-17(10)19(21)18-14(5)12(3)11(2)13(4)15(18)6/h7-9,19,21H,1-6H3. The number of aryl methyl sites for hydroxylation is 1. The average Bonchev–Trinajstić information content (AvgIpc) is 2.45. The minimum Gasteiger partial charge on any atom is -0.384 e. The highest BCUT2D eigenvalue weighted by Gasteiger charge is 2.21. The Bertz CT molecular complexity index is 672. The quantitative estimate of drug-likeness (QED) is 0.844. The number of aliphatic hydroxyl groups excluding tert-OH is 1. The van der Waals surface area contributed by atoms with Crippen molar-refractivity contribution in [3.63, 3.8) is 0 Å². The monoisotopic (exact) mass is 286 g/mol. The predicted molar refractivity (Wildman–Crippen MR) is 85.3 cm³/mol. The van der Waals surface area contributed by atoms with Crippen LogP contribution in [0.25, 0.3) is 0 Å². The summed E-state index contributed by atoms with van der Waals surface area (Å²) < 4.78 is 13.5. The Labute approximate surface area is 126 Å². The molecule has 1 unspecified atom stereocenters. The van der Waals surface area contributed by atoms with Crippen LogP contribution in [0.2, 0.25) is 0 Å². The lowest BCUT2D eigenvalue weighted by atomic mass is 9.84. The molecular formula is C19H23FO. The molecule has 1 nitrogen and oxygen atoms in total. The molecule has 0 bridgehead atoms. The number of benzene rings is 2. The summed E-state index contributed by atoms with van der Waals surface area (Å²) in [7, 11) is 0. The second-order valence-corrected chi connectivity index (χ2v) is 5.94. The molecule has 1 atom stereocenters. The fourth-order valence-electron chi connectivity index (χ4n) is 3.00. The maximum atomic E-state index is 13.5. The Balaban J connectivity index is 2.69. The van der Waals surface area contributed by atoms with Crippen LogP contribution in [0.4, 0.5) is 4.39 Å². The minimum atomic E-state index is -0.793. The van der Waals surface area contributed by atoms with Crippen LogP contribution in [-0.4, -0.2) is 5.11 Å². The van der Waals surface area contributed by atoms with Gasteiger partial charge in [-0.1, -0.05) is 6.07 Å². The van der Waals surface area contributed by atoms with Crippen LogP contribution in [0.1, 0.15) is 50.6 Å². The van der Waals surface area contributed by atoms with Gasteiger partial charge in [-0.25, -0.2) is 4.39 Å². The van der Waals surface area contributed by atoms with Crippen LogP contribution in [0.3, 0.4) is 0 Å². The molecule has 0 aliphatic rings. The maximum Gasteiger partial charge on any atom is 0.123 e. The van der Waals surface area contributed by atoms with Crippen LogP contribution in [0.15, 0.2) is 18.2 Å². The van der Waals surface area contributed by atoms with Gasteiger partial charge in [0.25, 0.3) is 0 Å². The molecule has 0 aromatic heterocycles. The van der Waals surface area contributed by atoms with E-state index >= 15 is 0 Å². The summed E-state index contributed by atoms with van der Waals surface area (Å²) in [6.45, 7) is 12.2. The van der Waals surface area contributed by atoms with E-state index in [1.54, 1.807) is 6.07 Å². The molecule has 2 aromatic rings. The molecule has 0 spiro atoms. The van der Waals surface area contributed by atoms with Crippen molar-refractivity contribution in [1.82, 2.24) is 0 Å². The molecule has 0 amide bonds. The Hall–Kier alpha value is -1.67. The van der Waals surface area contributed by atoms with E-state index < -0.39 is 6.10 Å². The molecule has 112 valence electrons. The SMILES string of the molecule is Cc1ccc(F)cc1C(O)c1c(C)c(C)c(C)c(C)c1C. The minimum absolute atomic E-state index is 0.314. The van der Waals surface area contributed by atoms with Crippen molar-refractivity contribution < 1.29 is 9.50 Å². The van der Waals surface area contributed by atoms with E-state index in [0.717, 1.165) is 22.3 Å². The first-order valence-corrected chi connectivity index (χ1v) is 7.26. The molecule has 21 heavy (non-hydrogen) atoms. The Kier molecular flexibility index (Phi) is 4.20. The van der Waals surface area contributed by atoms with Crippen LogP contribution in [-0.2, 0) is 0 Å². The Morgan fingerprint density at radius 3 is 1.81 bits per heavy atom. The lowest BCUT2D eigenvalue weighted by Gasteiger charge is -2.23. The second-order valence-electron chi connectivity index (χ2n) is 5.94. The van der Waals surface area contributed by atoms with Gasteiger partial charge in [0.15, 0.2) is 0 Å². The molecule has 2 aromatic carbocycles. The van der Waals surface area contributed by atoms with Crippen molar-refractivity contribution in [2.24, 2.45) is 0 Å². The second kappa shape index (κ2) is 5.61. The molecule has 0 fully saturated rings. The molecular weight excluding hydrogens is 263 g/mol. The number of aliphatic hydroxyl groups is 1. The zero-order chi connectivity index (χ0) is 15.9. The van der Waals surface area contributed by atoms with Crippen molar-refractivity contribution in [2.45, 2.75) is 47.6 Å². The third-order valence-electron chi connectivity index (χ3n) is 4.87. The molecule has 0 heterocycles. The summed E-state index contributed by atoms with van der Waals surface area (Å²) in [4.78, 5) is 0. The molecule has 0 aliphatic carbocycles. The molecule has 1 N–H and O–H groups in total. The lowest BCUT2D eigenvalue weighted by molar-refractivity contribution is 0.217. The van der Waals surface area contributed by atoms with Crippen molar-refractivity contribution >= 4 is 0 Å². The molecule has 0 saturated carbocycles. The van der Waals surface area contributed by atoms with Gasteiger partial charge in [0.05, 0.1) is 0 Å². The van der Waals surface area contributed by atoms with Gasteiger partial charge < -0.3 is 5.11 Å². The highest BCUT2D eigenvalue weighted by atomic mass is 19.1. The van der Waals surface area contributed by atoms with Gasteiger partial charge in [0.2, 0.25) is 0 Å². The average molecular weight is 286 g/mol. The lowest BCUT2D eigenvalue weighted by Crippen LogP contribution is -2.10. The van der Waals surface area contributed by atoms with Crippen LogP contribution >= 0.6 is 0 Å². The molecule has 0 saturated heterocycles. The Morgan fingerprint density at radius 1 is 0.810 bits per heavy atom. The summed E-state index contributed by atoms with van der Waals surface area (Å²) in [5, 5.41) is 10.8. The highest BCUT2D eigenvalue weighted by molar-refractivity contribution is 5.52. The summed E-state index contributed by atoms with van der Waals surface area (Å²) in [5.41, 5.74) is 8.28. The van der Waals surface area contributed by atoms with E-state index in [2.05, 4.69) is 20.8 Å². The normalized spacial score (nSPS) is 12.6. The first-order valence-electron chi connectivity index (χ1n) is 7.26. The zero-order valence-electron chi connectivity index (χ0n) is 13.6. The third-order valence-corrected chi connectivity index (χ3v) is 4.87. The van der Waals surface area contributed by atoms with Crippen molar-refractivity contribution in [3.8, 4) is 0 Å². The van der Waals surface area contributed by atoms with Crippen molar-refractivity contribution in [3.05, 3.63) is 68.5 Å². The first kappa shape index (κ1) is 15.7. The molecule has 2 rings (SSSR count). The van der Waals surface area contributed by atoms with E-state index in [0.29, 0.717) is 5.56 Å². The fourth-order valence-corrected chi connectivity index (χ4v) is 3.00. The zero-order valence-corrected chi connectivity index (χ0v) is 13.6. The fraction of sp³-hybridized carbons (Fsp3) is 0.368. The van der Waals surface area contributed by atoms with Crippen LogP contribution in [0, 0.1) is 47.4 Å². The van der Waals surface area contributed by atoms with Gasteiger partial charge in [-0.15, -0.1) is 0 Å². The van der Waals surface area contributed by atoms with Gasteiger partial charge in [-0.3, -0.25) is 0 Å². The molecule has 0 aliphatic heterocycles.